The van der Waals surface area contributed by atoms with E-state index in [0.29, 0.717) is 5.15 Å². The Morgan fingerprint density at radius 2 is 1.67 bits per heavy atom. The van der Waals surface area contributed by atoms with Gasteiger partial charge in [-0.25, -0.2) is 9.67 Å². The number of rotatable bonds is 1. The fourth-order valence-corrected chi connectivity index (χ4v) is 3.03. The third kappa shape index (κ3) is 1.82. The summed E-state index contributed by atoms with van der Waals surface area (Å²) in [5, 5.41) is 7.14. The number of hydrogen-bond acceptors (Lipinski definition) is 2. The minimum absolute atomic E-state index is 0.503. The van der Waals surface area contributed by atoms with Gasteiger partial charge in [0.25, 0.3) is 0 Å². The van der Waals surface area contributed by atoms with E-state index in [2.05, 4.69) is 16.1 Å². The molecule has 4 rings (SSSR count). The second kappa shape index (κ2) is 4.57. The van der Waals surface area contributed by atoms with E-state index >= 15 is 0 Å². The molecule has 0 N–H and O–H groups in total. The molecule has 0 fully saturated rings. The highest BCUT2D eigenvalue weighted by Crippen LogP contribution is 2.32. The molecule has 0 aliphatic heterocycles. The monoisotopic (exact) mass is 293 g/mol. The van der Waals surface area contributed by atoms with Crippen molar-refractivity contribution in [3.8, 4) is 5.69 Å². The molecule has 0 unspecified atom stereocenters. The minimum Gasteiger partial charge on any atom is -0.235 e. The Kier molecular flexibility index (Phi) is 2.69. The lowest BCUT2D eigenvalue weighted by Gasteiger charge is -2.06. The average Bonchev–Trinajstić information content (AvgIpc) is 2.87. The molecular weight excluding hydrogens is 282 g/mol. The topological polar surface area (TPSA) is 30.7 Å². The first-order valence-electron chi connectivity index (χ1n) is 6.75. The van der Waals surface area contributed by atoms with Gasteiger partial charge in [0, 0.05) is 5.39 Å². The summed E-state index contributed by atoms with van der Waals surface area (Å²) in [6, 6.07) is 18.1. The number of aryl methyl sites for hydroxylation is 1. The molecule has 2 heterocycles. The van der Waals surface area contributed by atoms with Gasteiger partial charge in [-0.05, 0) is 25.1 Å². The van der Waals surface area contributed by atoms with Gasteiger partial charge in [0.15, 0.2) is 0 Å². The van der Waals surface area contributed by atoms with E-state index in [-0.39, 0.29) is 0 Å². The molecule has 4 aromatic rings. The first kappa shape index (κ1) is 12.4. The van der Waals surface area contributed by atoms with Gasteiger partial charge in [0.1, 0.15) is 5.15 Å². The molecule has 0 saturated carbocycles. The molecule has 0 bridgehead atoms. The number of aromatic nitrogens is 3. The molecule has 0 aliphatic carbocycles. The maximum atomic E-state index is 6.38. The van der Waals surface area contributed by atoms with Crippen LogP contribution in [-0.4, -0.2) is 14.8 Å². The van der Waals surface area contributed by atoms with Crippen LogP contribution in [0.4, 0.5) is 0 Å². The van der Waals surface area contributed by atoms with Gasteiger partial charge in [0.2, 0.25) is 0 Å². The Balaban J connectivity index is 2.23. The van der Waals surface area contributed by atoms with Crippen LogP contribution in [-0.2, 0) is 0 Å². The molecule has 21 heavy (non-hydrogen) atoms. The van der Waals surface area contributed by atoms with Crippen LogP contribution in [0.15, 0.2) is 54.6 Å². The SMILES string of the molecule is Cc1nn(-c2ccccc2)c2c1c(Cl)nc1ccccc12. The number of benzene rings is 2. The van der Waals surface area contributed by atoms with Crippen molar-refractivity contribution < 1.29 is 0 Å². The van der Waals surface area contributed by atoms with Crippen LogP contribution in [0.1, 0.15) is 5.69 Å². The van der Waals surface area contributed by atoms with E-state index in [1.807, 2.05) is 60.1 Å². The molecule has 3 nitrogen and oxygen atoms in total. The largest absolute Gasteiger partial charge is 0.235 e. The van der Waals surface area contributed by atoms with Crippen LogP contribution >= 0.6 is 11.6 Å². The van der Waals surface area contributed by atoms with Gasteiger partial charge in [0.05, 0.1) is 27.8 Å². The Labute approximate surface area is 126 Å². The Morgan fingerprint density at radius 1 is 0.952 bits per heavy atom. The maximum Gasteiger partial charge on any atom is 0.141 e. The summed E-state index contributed by atoms with van der Waals surface area (Å²) in [7, 11) is 0. The van der Waals surface area contributed by atoms with Crippen molar-refractivity contribution in [3.63, 3.8) is 0 Å². The van der Waals surface area contributed by atoms with E-state index in [0.717, 1.165) is 33.2 Å². The summed E-state index contributed by atoms with van der Waals surface area (Å²) in [5.74, 6) is 0. The summed E-state index contributed by atoms with van der Waals surface area (Å²) < 4.78 is 1.94. The molecule has 0 radical (unpaired) electrons. The second-order valence-corrected chi connectivity index (χ2v) is 5.33. The zero-order valence-electron chi connectivity index (χ0n) is 11.4. The van der Waals surface area contributed by atoms with Crippen molar-refractivity contribution in [1.82, 2.24) is 14.8 Å². The second-order valence-electron chi connectivity index (χ2n) is 4.98. The van der Waals surface area contributed by atoms with Crippen LogP contribution in [0.3, 0.4) is 0 Å². The lowest BCUT2D eigenvalue weighted by molar-refractivity contribution is 0.891. The molecule has 0 amide bonds. The van der Waals surface area contributed by atoms with Gasteiger partial charge in [-0.1, -0.05) is 48.0 Å². The number of fused-ring (bicyclic) bond motifs is 3. The third-order valence-corrected chi connectivity index (χ3v) is 3.92. The van der Waals surface area contributed by atoms with E-state index < -0.39 is 0 Å². The van der Waals surface area contributed by atoms with Gasteiger partial charge in [-0.15, -0.1) is 0 Å². The van der Waals surface area contributed by atoms with E-state index in [9.17, 15) is 0 Å². The summed E-state index contributed by atoms with van der Waals surface area (Å²) in [6.07, 6.45) is 0. The minimum atomic E-state index is 0.503. The van der Waals surface area contributed by atoms with Gasteiger partial charge < -0.3 is 0 Å². The van der Waals surface area contributed by atoms with E-state index in [4.69, 9.17) is 11.6 Å². The average molecular weight is 294 g/mol. The number of pyridine rings is 1. The molecule has 2 aromatic carbocycles. The fourth-order valence-electron chi connectivity index (χ4n) is 2.71. The predicted molar refractivity (Wildman–Crippen MR) is 86.1 cm³/mol. The van der Waals surface area contributed by atoms with E-state index in [1.165, 1.54) is 0 Å². The first-order valence-corrected chi connectivity index (χ1v) is 7.12. The fraction of sp³-hybridized carbons (Fsp3) is 0.0588. The normalized spacial score (nSPS) is 11.3. The molecular formula is C17H12ClN3. The molecule has 2 aromatic heterocycles. The number of halogens is 1. The quantitative estimate of drug-likeness (QED) is 0.483. The lowest BCUT2D eigenvalue weighted by atomic mass is 10.1. The first-order chi connectivity index (χ1) is 10.3. The molecule has 4 heteroatoms. The van der Waals surface area contributed by atoms with Crippen LogP contribution in [0.5, 0.6) is 0 Å². The highest BCUT2D eigenvalue weighted by Gasteiger charge is 2.16. The molecule has 0 spiro atoms. The standard InChI is InChI=1S/C17H12ClN3/c1-11-15-16(21(20-11)12-7-3-2-4-8-12)13-9-5-6-10-14(13)19-17(15)18/h2-10H,1H3. The van der Waals surface area contributed by atoms with Gasteiger partial charge in [-0.2, -0.15) is 5.10 Å². The van der Waals surface area contributed by atoms with Crippen LogP contribution in [0.25, 0.3) is 27.5 Å². The molecule has 0 atom stereocenters. The smallest absolute Gasteiger partial charge is 0.141 e. The van der Waals surface area contributed by atoms with Crippen molar-refractivity contribution in [3.05, 3.63) is 65.4 Å². The zero-order valence-corrected chi connectivity index (χ0v) is 12.2. The molecule has 0 saturated heterocycles. The number of para-hydroxylation sites is 2. The van der Waals surface area contributed by atoms with Crippen molar-refractivity contribution in [2.75, 3.05) is 0 Å². The van der Waals surface area contributed by atoms with Gasteiger partial charge >= 0.3 is 0 Å². The lowest BCUT2D eigenvalue weighted by Crippen LogP contribution is -1.96. The van der Waals surface area contributed by atoms with Crippen molar-refractivity contribution in [1.29, 1.82) is 0 Å². The van der Waals surface area contributed by atoms with E-state index in [1.54, 1.807) is 0 Å². The Morgan fingerprint density at radius 3 is 2.48 bits per heavy atom. The summed E-state index contributed by atoms with van der Waals surface area (Å²) >= 11 is 6.38. The van der Waals surface area contributed by atoms with Crippen molar-refractivity contribution in [2.24, 2.45) is 0 Å². The maximum absolute atomic E-state index is 6.38. The molecule has 102 valence electrons. The van der Waals surface area contributed by atoms with Crippen LogP contribution in [0, 0.1) is 6.92 Å². The third-order valence-electron chi connectivity index (χ3n) is 3.65. The summed E-state index contributed by atoms with van der Waals surface area (Å²) in [4.78, 5) is 4.48. The van der Waals surface area contributed by atoms with Crippen molar-refractivity contribution in [2.45, 2.75) is 6.92 Å². The number of hydrogen-bond donors (Lipinski definition) is 0. The zero-order chi connectivity index (χ0) is 14.4. The number of nitrogens with zero attached hydrogens (tertiary/aromatic N) is 3. The highest BCUT2D eigenvalue weighted by molar-refractivity contribution is 6.35. The van der Waals surface area contributed by atoms with Crippen LogP contribution < -0.4 is 0 Å². The van der Waals surface area contributed by atoms with Gasteiger partial charge in [-0.3, -0.25) is 0 Å². The Hall–Kier alpha value is -2.39. The summed E-state index contributed by atoms with van der Waals surface area (Å²) in [5.41, 5.74) is 3.79. The van der Waals surface area contributed by atoms with Crippen molar-refractivity contribution >= 4 is 33.4 Å². The summed E-state index contributed by atoms with van der Waals surface area (Å²) in [6.45, 7) is 1.96. The van der Waals surface area contributed by atoms with Crippen LogP contribution in [0.2, 0.25) is 5.15 Å². The predicted octanol–water partition coefficient (Wildman–Crippen LogP) is 4.54. The Bertz CT molecular complexity index is 958. The molecule has 0 aliphatic rings. The highest BCUT2D eigenvalue weighted by atomic mass is 35.5.